The number of benzene rings is 9. The number of hydrogen-bond donors (Lipinski definition) is 0. The number of nitrogens with zero attached hydrogens (tertiary/aromatic N) is 2. The molecule has 0 N–H and O–H groups in total. The van der Waals surface area contributed by atoms with E-state index in [-0.39, 0.29) is 5.41 Å². The largest absolute Gasteiger partial charge is 0.309 e. The highest BCUT2D eigenvalue weighted by Crippen LogP contribution is 2.47. The lowest BCUT2D eigenvalue weighted by Crippen LogP contribution is -2.30. The molecule has 0 aliphatic carbocycles. The highest BCUT2D eigenvalue weighted by Gasteiger charge is 2.38. The second kappa shape index (κ2) is 14.4. The van der Waals surface area contributed by atoms with Crippen molar-refractivity contribution in [1.82, 2.24) is 9.13 Å². The fourth-order valence-electron chi connectivity index (χ4n) is 9.89. The molecule has 9 aromatic carbocycles. The lowest BCUT2D eigenvalue weighted by Gasteiger charge is -2.37. The summed E-state index contributed by atoms with van der Waals surface area (Å²) in [5.74, 6) is 0. The van der Waals surface area contributed by atoms with E-state index in [9.17, 15) is 0 Å². The maximum Gasteiger partial charge on any atom is 0.0701 e. The Labute approximate surface area is 357 Å². The van der Waals surface area contributed by atoms with Crippen LogP contribution in [-0.2, 0) is 10.8 Å². The normalized spacial score (nSPS) is 12.2. The summed E-state index contributed by atoms with van der Waals surface area (Å²) in [6.45, 7) is 6.92. The second-order valence-corrected chi connectivity index (χ2v) is 17.4. The minimum Gasteiger partial charge on any atom is -0.309 e. The zero-order chi connectivity index (χ0) is 41.1. The van der Waals surface area contributed by atoms with Gasteiger partial charge < -0.3 is 9.13 Å². The molecule has 292 valence electrons. The van der Waals surface area contributed by atoms with Crippen molar-refractivity contribution in [3.05, 3.63) is 252 Å². The van der Waals surface area contributed by atoms with Gasteiger partial charge in [0.15, 0.2) is 0 Å². The molecule has 0 bridgehead atoms. The molecule has 0 aliphatic rings. The van der Waals surface area contributed by atoms with Crippen molar-refractivity contribution in [2.24, 2.45) is 0 Å². The van der Waals surface area contributed by atoms with Crippen LogP contribution in [0.25, 0.3) is 66.1 Å². The quantitative estimate of drug-likeness (QED) is 0.143. The predicted octanol–water partition coefficient (Wildman–Crippen LogP) is 15.2. The highest BCUT2D eigenvalue weighted by atomic mass is 15.0. The fourth-order valence-corrected chi connectivity index (χ4v) is 9.89. The van der Waals surface area contributed by atoms with Gasteiger partial charge in [-0.25, -0.2) is 0 Å². The molecule has 0 saturated heterocycles. The van der Waals surface area contributed by atoms with Gasteiger partial charge in [0.2, 0.25) is 0 Å². The Morgan fingerprint density at radius 3 is 1.25 bits per heavy atom. The number of aromatic nitrogens is 2. The number of fused-ring (bicyclic) bond motifs is 6. The van der Waals surface area contributed by atoms with Crippen molar-refractivity contribution in [1.29, 1.82) is 0 Å². The Morgan fingerprint density at radius 2 is 0.721 bits per heavy atom. The lowest BCUT2D eigenvalue weighted by molar-refractivity contribution is 0.591. The van der Waals surface area contributed by atoms with Gasteiger partial charge in [-0.05, 0) is 105 Å². The van der Waals surface area contributed by atoms with Crippen molar-refractivity contribution in [3.63, 3.8) is 0 Å². The van der Waals surface area contributed by atoms with E-state index in [0.717, 1.165) is 11.4 Å². The lowest BCUT2D eigenvalue weighted by atomic mass is 9.65. The van der Waals surface area contributed by atoms with Gasteiger partial charge in [-0.2, -0.15) is 0 Å². The average Bonchev–Trinajstić information content (AvgIpc) is 3.83. The molecule has 0 radical (unpaired) electrons. The van der Waals surface area contributed by atoms with E-state index in [2.05, 4.69) is 254 Å². The van der Waals surface area contributed by atoms with E-state index in [1.165, 1.54) is 82.6 Å². The van der Waals surface area contributed by atoms with Crippen LogP contribution < -0.4 is 0 Å². The van der Waals surface area contributed by atoms with E-state index in [1.807, 2.05) is 0 Å². The van der Waals surface area contributed by atoms with Crippen molar-refractivity contribution in [2.45, 2.75) is 31.6 Å². The first-order valence-electron chi connectivity index (χ1n) is 21.3. The first-order valence-corrected chi connectivity index (χ1v) is 21.3. The second-order valence-electron chi connectivity index (χ2n) is 17.4. The summed E-state index contributed by atoms with van der Waals surface area (Å²) in [6, 6.07) is 82.8. The van der Waals surface area contributed by atoms with Crippen LogP contribution in [0.4, 0.5) is 0 Å². The van der Waals surface area contributed by atoms with Gasteiger partial charge in [-0.1, -0.05) is 185 Å². The highest BCUT2D eigenvalue weighted by molar-refractivity contribution is 6.11. The third-order valence-corrected chi connectivity index (χ3v) is 12.8. The Morgan fingerprint density at radius 1 is 0.279 bits per heavy atom. The van der Waals surface area contributed by atoms with Gasteiger partial charge in [0, 0.05) is 32.9 Å². The molecule has 11 rings (SSSR count). The van der Waals surface area contributed by atoms with Gasteiger partial charge in [0.05, 0.1) is 27.5 Å². The topological polar surface area (TPSA) is 9.86 Å². The standard InChI is InChI=1S/C59H46N2/c1-58(2,3)46-32-36-56-52(39-46)53-40-47(59(43-19-7-4-8-20-43,44-21-9-5-10-22-44)45-23-11-6-12-24-45)33-37-57(53)61(56)49-25-17-18-42(38-49)41-30-34-48(35-31-41)60-54-28-15-13-26-50(54)51-27-14-16-29-55(51)60/h4-40H,1-3H3. The summed E-state index contributed by atoms with van der Waals surface area (Å²) >= 11 is 0. The van der Waals surface area contributed by atoms with Crippen LogP contribution in [-0.4, -0.2) is 9.13 Å². The molecule has 0 amide bonds. The predicted molar refractivity (Wildman–Crippen MR) is 258 cm³/mol. The van der Waals surface area contributed by atoms with E-state index in [0.29, 0.717) is 0 Å². The first-order chi connectivity index (χ1) is 29.9. The third kappa shape index (κ3) is 5.93. The van der Waals surface area contributed by atoms with Gasteiger partial charge in [-0.15, -0.1) is 0 Å². The fraction of sp³-hybridized carbons (Fsp3) is 0.0847. The Balaban J connectivity index is 1.09. The molecule has 0 unspecified atom stereocenters. The third-order valence-electron chi connectivity index (χ3n) is 12.8. The van der Waals surface area contributed by atoms with Crippen LogP contribution in [0.3, 0.4) is 0 Å². The zero-order valence-electron chi connectivity index (χ0n) is 34.8. The van der Waals surface area contributed by atoms with Crippen molar-refractivity contribution in [3.8, 4) is 22.5 Å². The first kappa shape index (κ1) is 36.6. The molecule has 2 heteroatoms. The molecule has 0 fully saturated rings. The van der Waals surface area contributed by atoms with Crippen LogP contribution in [0.1, 0.15) is 48.6 Å². The van der Waals surface area contributed by atoms with Crippen LogP contribution in [0.2, 0.25) is 0 Å². The molecular weight excluding hydrogens is 737 g/mol. The SMILES string of the molecule is CC(C)(C)c1ccc2c(c1)c1cc(C(c3ccccc3)(c3ccccc3)c3ccccc3)ccc1n2-c1cccc(-c2ccc(-n3c4ccccc4c4ccccc43)cc2)c1. The number of hydrogen-bond acceptors (Lipinski definition) is 0. The molecule has 0 aliphatic heterocycles. The summed E-state index contributed by atoms with van der Waals surface area (Å²) in [7, 11) is 0. The van der Waals surface area contributed by atoms with Gasteiger partial charge in [0.1, 0.15) is 0 Å². The molecule has 2 heterocycles. The summed E-state index contributed by atoms with van der Waals surface area (Å²) in [6.07, 6.45) is 0. The molecule has 11 aromatic rings. The maximum absolute atomic E-state index is 2.48. The Bertz CT molecular complexity index is 3210. The Kier molecular flexibility index (Phi) is 8.65. The molecule has 0 saturated carbocycles. The minimum absolute atomic E-state index is 0.00654. The van der Waals surface area contributed by atoms with Gasteiger partial charge >= 0.3 is 0 Å². The summed E-state index contributed by atoms with van der Waals surface area (Å²) in [4.78, 5) is 0. The number of para-hydroxylation sites is 2. The minimum atomic E-state index is -0.542. The van der Waals surface area contributed by atoms with E-state index >= 15 is 0 Å². The average molecular weight is 783 g/mol. The molecule has 0 atom stereocenters. The van der Waals surface area contributed by atoms with E-state index < -0.39 is 5.41 Å². The van der Waals surface area contributed by atoms with Crippen LogP contribution in [0.5, 0.6) is 0 Å². The van der Waals surface area contributed by atoms with Crippen LogP contribution in [0, 0.1) is 0 Å². The van der Waals surface area contributed by atoms with Crippen molar-refractivity contribution in [2.75, 3.05) is 0 Å². The summed E-state index contributed by atoms with van der Waals surface area (Å²) < 4.78 is 4.84. The van der Waals surface area contributed by atoms with Gasteiger partial charge in [-0.3, -0.25) is 0 Å². The van der Waals surface area contributed by atoms with Gasteiger partial charge in [0.25, 0.3) is 0 Å². The van der Waals surface area contributed by atoms with Crippen LogP contribution >= 0.6 is 0 Å². The molecular formula is C59H46N2. The van der Waals surface area contributed by atoms with Crippen molar-refractivity contribution < 1.29 is 0 Å². The Hall–Kier alpha value is -7.42. The van der Waals surface area contributed by atoms with Crippen LogP contribution in [0.15, 0.2) is 224 Å². The molecule has 0 spiro atoms. The summed E-state index contributed by atoms with van der Waals surface area (Å²) in [5.41, 5.74) is 15.2. The van der Waals surface area contributed by atoms with E-state index in [1.54, 1.807) is 0 Å². The molecule has 2 nitrogen and oxygen atoms in total. The van der Waals surface area contributed by atoms with E-state index in [4.69, 9.17) is 0 Å². The smallest absolute Gasteiger partial charge is 0.0701 e. The molecule has 61 heavy (non-hydrogen) atoms. The molecule has 2 aromatic heterocycles. The summed E-state index contributed by atoms with van der Waals surface area (Å²) in [5, 5.41) is 5.04. The maximum atomic E-state index is 2.48. The monoisotopic (exact) mass is 782 g/mol. The zero-order valence-corrected chi connectivity index (χ0v) is 34.8. The van der Waals surface area contributed by atoms with Crippen molar-refractivity contribution >= 4 is 43.6 Å². The number of rotatable bonds is 7.